The molecule has 1 aromatic carbocycles. The molecule has 8 heteroatoms. The van der Waals surface area contributed by atoms with Crippen molar-refractivity contribution in [1.29, 1.82) is 0 Å². The molecule has 0 spiro atoms. The fourth-order valence-corrected chi connectivity index (χ4v) is 2.69. The number of allylic oxidation sites excluding steroid dienone is 1. The highest BCUT2D eigenvalue weighted by molar-refractivity contribution is 5.95. The number of benzene rings is 1. The molecule has 0 fully saturated rings. The van der Waals surface area contributed by atoms with E-state index in [1.807, 2.05) is 13.8 Å². The zero-order valence-electron chi connectivity index (χ0n) is 16.9. The summed E-state index contributed by atoms with van der Waals surface area (Å²) in [5.41, 5.74) is 2.24. The van der Waals surface area contributed by atoms with Crippen LogP contribution in [0.25, 0.3) is 0 Å². The summed E-state index contributed by atoms with van der Waals surface area (Å²) in [6.07, 6.45) is 0. The molecule has 1 aromatic rings. The Morgan fingerprint density at radius 3 is 2.43 bits per heavy atom. The van der Waals surface area contributed by atoms with Gasteiger partial charge >= 0.3 is 12.0 Å². The van der Waals surface area contributed by atoms with Gasteiger partial charge in [-0.3, -0.25) is 4.79 Å². The second-order valence-corrected chi connectivity index (χ2v) is 6.84. The summed E-state index contributed by atoms with van der Waals surface area (Å²) in [5, 5.41) is 5.63. The van der Waals surface area contributed by atoms with Crippen LogP contribution in [0.2, 0.25) is 0 Å². The Bertz CT molecular complexity index is 771. The third kappa shape index (κ3) is 4.89. The minimum atomic E-state index is -0.645. The summed E-state index contributed by atoms with van der Waals surface area (Å²) in [7, 11) is 3.11. The van der Waals surface area contributed by atoms with Gasteiger partial charge in [-0.25, -0.2) is 9.59 Å². The fraction of sp³-hybridized carbons (Fsp3) is 0.450. The quantitative estimate of drug-likeness (QED) is 0.551. The first kappa shape index (κ1) is 21.4. The molecule has 0 aliphatic carbocycles. The van der Waals surface area contributed by atoms with Gasteiger partial charge in [0.15, 0.2) is 0 Å². The van der Waals surface area contributed by atoms with Gasteiger partial charge in [-0.05, 0) is 24.6 Å². The SMILES string of the molecule is COCCOC(=O)C1=C(C)N(C)C(=O)NC1c1ccc(NC(=O)C(C)C)cc1. The molecule has 0 aromatic heterocycles. The van der Waals surface area contributed by atoms with Gasteiger partial charge in [0.1, 0.15) is 6.61 Å². The number of hydrogen-bond donors (Lipinski definition) is 2. The largest absolute Gasteiger partial charge is 0.460 e. The molecular formula is C20H27N3O5. The Hall–Kier alpha value is -2.87. The number of hydrogen-bond acceptors (Lipinski definition) is 5. The summed E-state index contributed by atoms with van der Waals surface area (Å²) in [6.45, 7) is 5.74. The summed E-state index contributed by atoms with van der Waals surface area (Å²) in [4.78, 5) is 38.1. The van der Waals surface area contributed by atoms with Crippen molar-refractivity contribution in [1.82, 2.24) is 10.2 Å². The molecule has 1 heterocycles. The van der Waals surface area contributed by atoms with Gasteiger partial charge in [-0.2, -0.15) is 0 Å². The maximum Gasteiger partial charge on any atom is 0.338 e. The van der Waals surface area contributed by atoms with Crippen molar-refractivity contribution in [3.63, 3.8) is 0 Å². The second kappa shape index (κ2) is 9.36. The number of rotatable bonds is 7. The summed E-state index contributed by atoms with van der Waals surface area (Å²) in [6, 6.07) is 6.05. The lowest BCUT2D eigenvalue weighted by Crippen LogP contribution is -2.46. The summed E-state index contributed by atoms with van der Waals surface area (Å²) in [5.74, 6) is -0.728. The number of esters is 1. The predicted octanol–water partition coefficient (Wildman–Crippen LogP) is 2.44. The smallest absolute Gasteiger partial charge is 0.338 e. The zero-order chi connectivity index (χ0) is 20.8. The van der Waals surface area contributed by atoms with Crippen molar-refractivity contribution in [3.05, 3.63) is 41.1 Å². The topological polar surface area (TPSA) is 97.0 Å². The lowest BCUT2D eigenvalue weighted by molar-refractivity contribution is -0.140. The lowest BCUT2D eigenvalue weighted by Gasteiger charge is -2.33. The van der Waals surface area contributed by atoms with Crippen LogP contribution in [0.5, 0.6) is 0 Å². The Balaban J connectivity index is 2.28. The molecule has 0 saturated heterocycles. The molecule has 2 N–H and O–H groups in total. The van der Waals surface area contributed by atoms with Gasteiger partial charge in [0.25, 0.3) is 0 Å². The van der Waals surface area contributed by atoms with Gasteiger partial charge in [-0.1, -0.05) is 26.0 Å². The number of amides is 3. The van der Waals surface area contributed by atoms with E-state index in [0.29, 0.717) is 22.5 Å². The van der Waals surface area contributed by atoms with Crippen LogP contribution in [0.1, 0.15) is 32.4 Å². The van der Waals surface area contributed by atoms with Crippen molar-refractivity contribution in [2.24, 2.45) is 5.92 Å². The minimum Gasteiger partial charge on any atom is -0.460 e. The lowest BCUT2D eigenvalue weighted by atomic mass is 9.95. The first-order valence-electron chi connectivity index (χ1n) is 9.08. The van der Waals surface area contributed by atoms with Crippen LogP contribution < -0.4 is 10.6 Å². The van der Waals surface area contributed by atoms with Crippen LogP contribution >= 0.6 is 0 Å². The molecule has 1 unspecified atom stereocenters. The molecule has 1 aliphatic rings. The van der Waals surface area contributed by atoms with E-state index in [1.54, 1.807) is 38.2 Å². The molecule has 2 rings (SSSR count). The normalized spacial score (nSPS) is 16.9. The summed E-state index contributed by atoms with van der Waals surface area (Å²) < 4.78 is 10.2. The Kier molecular flexibility index (Phi) is 7.17. The van der Waals surface area contributed by atoms with Crippen LogP contribution in [-0.4, -0.2) is 50.2 Å². The highest BCUT2D eigenvalue weighted by atomic mass is 16.6. The number of ether oxygens (including phenoxy) is 2. The predicted molar refractivity (Wildman–Crippen MR) is 104 cm³/mol. The van der Waals surface area contributed by atoms with Crippen molar-refractivity contribution in [2.45, 2.75) is 26.8 Å². The molecule has 3 amide bonds. The number of nitrogens with zero attached hydrogens (tertiary/aromatic N) is 1. The van der Waals surface area contributed by atoms with Crippen LogP contribution in [0, 0.1) is 5.92 Å². The average molecular weight is 389 g/mol. The van der Waals surface area contributed by atoms with Crippen LogP contribution in [-0.2, 0) is 19.1 Å². The van der Waals surface area contributed by atoms with E-state index in [4.69, 9.17) is 9.47 Å². The van der Waals surface area contributed by atoms with Crippen molar-refractivity contribution in [2.75, 3.05) is 32.7 Å². The van der Waals surface area contributed by atoms with Gasteiger partial charge in [0, 0.05) is 31.5 Å². The molecule has 1 atom stereocenters. The number of methoxy groups -OCH3 is 1. The van der Waals surface area contributed by atoms with Gasteiger partial charge in [0.05, 0.1) is 18.2 Å². The van der Waals surface area contributed by atoms with E-state index in [1.165, 1.54) is 12.0 Å². The first-order valence-corrected chi connectivity index (χ1v) is 9.08. The van der Waals surface area contributed by atoms with Crippen LogP contribution in [0.15, 0.2) is 35.5 Å². The monoisotopic (exact) mass is 389 g/mol. The van der Waals surface area contributed by atoms with Gasteiger partial charge < -0.3 is 25.0 Å². The number of nitrogens with one attached hydrogen (secondary N) is 2. The zero-order valence-corrected chi connectivity index (χ0v) is 16.9. The highest BCUT2D eigenvalue weighted by Gasteiger charge is 2.35. The number of carbonyl (C=O) groups excluding carboxylic acids is 3. The van der Waals surface area contributed by atoms with Gasteiger partial charge in [0.2, 0.25) is 5.91 Å². The maximum atomic E-state index is 12.6. The van der Waals surface area contributed by atoms with Crippen molar-refractivity contribution in [3.8, 4) is 0 Å². The Morgan fingerprint density at radius 1 is 1.21 bits per heavy atom. The molecule has 8 nitrogen and oxygen atoms in total. The van der Waals surface area contributed by atoms with Crippen molar-refractivity contribution < 1.29 is 23.9 Å². The Morgan fingerprint density at radius 2 is 1.86 bits per heavy atom. The van der Waals surface area contributed by atoms with Crippen LogP contribution in [0.4, 0.5) is 10.5 Å². The van der Waals surface area contributed by atoms with E-state index in [9.17, 15) is 14.4 Å². The molecule has 0 bridgehead atoms. The van der Waals surface area contributed by atoms with E-state index >= 15 is 0 Å². The van der Waals surface area contributed by atoms with E-state index in [-0.39, 0.29) is 31.1 Å². The third-order valence-corrected chi connectivity index (χ3v) is 4.53. The van der Waals surface area contributed by atoms with Crippen molar-refractivity contribution >= 4 is 23.6 Å². The van der Waals surface area contributed by atoms with Crippen LogP contribution in [0.3, 0.4) is 0 Å². The fourth-order valence-electron chi connectivity index (χ4n) is 2.69. The first-order chi connectivity index (χ1) is 13.3. The standard InChI is InChI=1S/C20H27N3O5/c1-12(2)18(24)21-15-8-6-14(7-9-15)17-16(19(25)28-11-10-27-5)13(3)23(4)20(26)22-17/h6-9,12,17H,10-11H2,1-5H3,(H,21,24)(H,22,26). The molecule has 28 heavy (non-hydrogen) atoms. The minimum absolute atomic E-state index is 0.0847. The molecule has 1 aliphatic heterocycles. The summed E-state index contributed by atoms with van der Waals surface area (Å²) >= 11 is 0. The Labute approximate surface area is 164 Å². The van der Waals surface area contributed by atoms with Gasteiger partial charge in [-0.15, -0.1) is 0 Å². The molecule has 152 valence electrons. The number of anilines is 1. The van der Waals surface area contributed by atoms with E-state index in [2.05, 4.69) is 10.6 Å². The molecular weight excluding hydrogens is 362 g/mol. The number of carbonyl (C=O) groups is 3. The molecule has 0 saturated carbocycles. The highest BCUT2D eigenvalue weighted by Crippen LogP contribution is 2.31. The molecule has 0 radical (unpaired) electrons. The van der Waals surface area contributed by atoms with E-state index < -0.39 is 12.0 Å². The average Bonchev–Trinajstić information content (AvgIpc) is 2.66. The third-order valence-electron chi connectivity index (χ3n) is 4.53. The number of urea groups is 1. The second-order valence-electron chi connectivity index (χ2n) is 6.84. The van der Waals surface area contributed by atoms with E-state index in [0.717, 1.165) is 0 Å². The maximum absolute atomic E-state index is 12.6.